The molecule has 0 saturated heterocycles. The Morgan fingerprint density at radius 3 is 2.63 bits per heavy atom. The largest absolute Gasteiger partial charge is 0.417 e. The SMILES string of the molecule is Cc1cc2ccccc2n1CC(=O)NCCNc1ccc(C(F)(F)F)cn1. The molecule has 0 aliphatic carbocycles. The zero-order valence-electron chi connectivity index (χ0n) is 14.7. The van der Waals surface area contributed by atoms with E-state index in [1.165, 1.54) is 6.07 Å². The first-order chi connectivity index (χ1) is 12.8. The minimum absolute atomic E-state index is 0.137. The van der Waals surface area contributed by atoms with Crippen LogP contribution in [0.2, 0.25) is 0 Å². The highest BCUT2D eigenvalue weighted by atomic mass is 19.4. The molecule has 0 atom stereocenters. The molecule has 8 heteroatoms. The number of benzene rings is 1. The van der Waals surface area contributed by atoms with Gasteiger partial charge in [0.15, 0.2) is 0 Å². The molecule has 0 aliphatic rings. The maximum atomic E-state index is 12.5. The van der Waals surface area contributed by atoms with Crippen LogP contribution >= 0.6 is 0 Å². The first kappa shape index (κ1) is 18.8. The van der Waals surface area contributed by atoms with Crippen LogP contribution in [0.1, 0.15) is 11.3 Å². The lowest BCUT2D eigenvalue weighted by molar-refractivity contribution is -0.137. The maximum absolute atomic E-state index is 12.5. The summed E-state index contributed by atoms with van der Waals surface area (Å²) < 4.78 is 39.4. The normalized spacial score (nSPS) is 11.6. The van der Waals surface area contributed by atoms with Crippen molar-refractivity contribution in [3.8, 4) is 0 Å². The number of rotatable bonds is 6. The van der Waals surface area contributed by atoms with Crippen molar-refractivity contribution in [2.45, 2.75) is 19.6 Å². The van der Waals surface area contributed by atoms with Crippen LogP contribution in [-0.2, 0) is 17.5 Å². The van der Waals surface area contributed by atoms with E-state index >= 15 is 0 Å². The summed E-state index contributed by atoms with van der Waals surface area (Å²) in [4.78, 5) is 15.9. The molecule has 3 aromatic rings. The van der Waals surface area contributed by atoms with Crippen LogP contribution in [0.25, 0.3) is 10.9 Å². The van der Waals surface area contributed by atoms with Gasteiger partial charge in [-0.1, -0.05) is 18.2 Å². The van der Waals surface area contributed by atoms with Gasteiger partial charge >= 0.3 is 6.18 Å². The molecule has 0 saturated carbocycles. The quantitative estimate of drug-likeness (QED) is 0.647. The third-order valence-corrected chi connectivity index (χ3v) is 4.16. The summed E-state index contributed by atoms with van der Waals surface area (Å²) in [7, 11) is 0. The van der Waals surface area contributed by atoms with Gasteiger partial charge in [0.05, 0.1) is 5.56 Å². The van der Waals surface area contributed by atoms with Crippen molar-refractivity contribution in [2.75, 3.05) is 18.4 Å². The zero-order valence-corrected chi connectivity index (χ0v) is 14.7. The van der Waals surface area contributed by atoms with E-state index in [1.807, 2.05) is 41.8 Å². The van der Waals surface area contributed by atoms with Crippen LogP contribution < -0.4 is 10.6 Å². The van der Waals surface area contributed by atoms with Gasteiger partial charge < -0.3 is 15.2 Å². The Balaban J connectivity index is 1.48. The van der Waals surface area contributed by atoms with E-state index in [1.54, 1.807) is 0 Å². The summed E-state index contributed by atoms with van der Waals surface area (Å²) >= 11 is 0. The Hall–Kier alpha value is -3.03. The maximum Gasteiger partial charge on any atom is 0.417 e. The minimum Gasteiger partial charge on any atom is -0.368 e. The van der Waals surface area contributed by atoms with Crippen LogP contribution in [0.4, 0.5) is 19.0 Å². The Morgan fingerprint density at radius 1 is 1.15 bits per heavy atom. The van der Waals surface area contributed by atoms with Crippen molar-refractivity contribution in [3.05, 3.63) is 59.9 Å². The molecule has 2 N–H and O–H groups in total. The zero-order chi connectivity index (χ0) is 19.4. The molecule has 0 radical (unpaired) electrons. The minimum atomic E-state index is -4.40. The highest BCUT2D eigenvalue weighted by Gasteiger charge is 2.30. The lowest BCUT2D eigenvalue weighted by atomic mass is 10.2. The van der Waals surface area contributed by atoms with Crippen molar-refractivity contribution in [1.29, 1.82) is 0 Å². The van der Waals surface area contributed by atoms with Crippen LogP contribution in [0.5, 0.6) is 0 Å². The number of aromatic nitrogens is 2. The Kier molecular flexibility index (Phi) is 5.34. The number of halogens is 3. The standard InChI is InChI=1S/C19H19F3N4O/c1-13-10-14-4-2-3-5-16(14)26(13)12-18(27)24-9-8-23-17-7-6-15(11-25-17)19(20,21)22/h2-7,10-11H,8-9,12H2,1H3,(H,23,25)(H,24,27). The van der Waals surface area contributed by atoms with E-state index in [2.05, 4.69) is 15.6 Å². The number of carbonyl (C=O) groups excluding carboxylic acids is 1. The van der Waals surface area contributed by atoms with Crippen molar-refractivity contribution in [2.24, 2.45) is 0 Å². The molecule has 142 valence electrons. The highest BCUT2D eigenvalue weighted by molar-refractivity contribution is 5.84. The number of fused-ring (bicyclic) bond motifs is 1. The molecule has 1 aromatic carbocycles. The first-order valence-electron chi connectivity index (χ1n) is 8.43. The van der Waals surface area contributed by atoms with Crippen molar-refractivity contribution >= 4 is 22.6 Å². The van der Waals surface area contributed by atoms with E-state index in [4.69, 9.17) is 0 Å². The summed E-state index contributed by atoms with van der Waals surface area (Å²) in [6.07, 6.45) is -3.62. The van der Waals surface area contributed by atoms with E-state index in [-0.39, 0.29) is 12.5 Å². The van der Waals surface area contributed by atoms with Crippen LogP contribution in [0, 0.1) is 6.92 Å². The van der Waals surface area contributed by atoms with Gasteiger partial charge in [0.2, 0.25) is 5.91 Å². The number of carbonyl (C=O) groups is 1. The monoisotopic (exact) mass is 376 g/mol. The van der Waals surface area contributed by atoms with Gasteiger partial charge in [-0.25, -0.2) is 4.98 Å². The molecule has 0 aliphatic heterocycles. The average Bonchev–Trinajstić information content (AvgIpc) is 2.94. The highest BCUT2D eigenvalue weighted by Crippen LogP contribution is 2.28. The van der Waals surface area contributed by atoms with Gasteiger partial charge in [0.1, 0.15) is 12.4 Å². The molecule has 0 fully saturated rings. The molecule has 0 unspecified atom stereocenters. The molecular weight excluding hydrogens is 357 g/mol. The summed E-state index contributed by atoms with van der Waals surface area (Å²) in [5.74, 6) is 0.186. The fourth-order valence-electron chi connectivity index (χ4n) is 2.82. The molecule has 3 rings (SSSR count). The summed E-state index contributed by atoms with van der Waals surface area (Å²) in [5, 5.41) is 6.75. The predicted molar refractivity (Wildman–Crippen MR) is 97.4 cm³/mol. The lowest BCUT2D eigenvalue weighted by Gasteiger charge is -2.11. The van der Waals surface area contributed by atoms with Crippen LogP contribution in [-0.4, -0.2) is 28.5 Å². The van der Waals surface area contributed by atoms with E-state index in [0.29, 0.717) is 18.9 Å². The number of alkyl halides is 3. The van der Waals surface area contributed by atoms with E-state index < -0.39 is 11.7 Å². The van der Waals surface area contributed by atoms with E-state index in [0.717, 1.165) is 28.9 Å². The van der Waals surface area contributed by atoms with Gasteiger partial charge in [-0.2, -0.15) is 13.2 Å². The fourth-order valence-corrected chi connectivity index (χ4v) is 2.82. The molecule has 0 spiro atoms. The Morgan fingerprint density at radius 2 is 1.93 bits per heavy atom. The van der Waals surface area contributed by atoms with Crippen LogP contribution in [0.15, 0.2) is 48.7 Å². The van der Waals surface area contributed by atoms with E-state index in [9.17, 15) is 18.0 Å². The molecule has 1 amide bonds. The molecular formula is C19H19F3N4O. The summed E-state index contributed by atoms with van der Waals surface area (Å²) in [6, 6.07) is 12.1. The lowest BCUT2D eigenvalue weighted by Crippen LogP contribution is -2.32. The number of hydrogen-bond donors (Lipinski definition) is 2. The van der Waals surface area contributed by atoms with Gasteiger partial charge in [-0.05, 0) is 36.6 Å². The topological polar surface area (TPSA) is 59.0 Å². The van der Waals surface area contributed by atoms with Gasteiger partial charge in [-0.3, -0.25) is 4.79 Å². The number of aryl methyl sites for hydroxylation is 1. The number of anilines is 1. The third kappa shape index (κ3) is 4.58. The van der Waals surface area contributed by atoms with Crippen molar-refractivity contribution in [3.63, 3.8) is 0 Å². The second-order valence-electron chi connectivity index (χ2n) is 6.14. The molecule has 27 heavy (non-hydrogen) atoms. The Labute approximate surface area is 154 Å². The van der Waals surface area contributed by atoms with Gasteiger partial charge in [0.25, 0.3) is 0 Å². The number of para-hydroxylation sites is 1. The second-order valence-corrected chi connectivity index (χ2v) is 6.14. The number of amides is 1. The fraction of sp³-hybridized carbons (Fsp3) is 0.263. The average molecular weight is 376 g/mol. The van der Waals surface area contributed by atoms with Crippen molar-refractivity contribution in [1.82, 2.24) is 14.9 Å². The molecule has 2 aromatic heterocycles. The summed E-state index contributed by atoms with van der Waals surface area (Å²) in [5.41, 5.74) is 1.20. The summed E-state index contributed by atoms with van der Waals surface area (Å²) in [6.45, 7) is 2.85. The van der Waals surface area contributed by atoms with Gasteiger partial charge in [-0.15, -0.1) is 0 Å². The molecule has 0 bridgehead atoms. The van der Waals surface area contributed by atoms with Crippen molar-refractivity contribution < 1.29 is 18.0 Å². The predicted octanol–water partition coefficient (Wildman–Crippen LogP) is 3.59. The third-order valence-electron chi connectivity index (χ3n) is 4.16. The second kappa shape index (κ2) is 7.69. The number of nitrogens with zero attached hydrogens (tertiary/aromatic N) is 2. The molecule has 5 nitrogen and oxygen atoms in total. The van der Waals surface area contributed by atoms with Gasteiger partial charge in [0, 0.05) is 30.5 Å². The number of pyridine rings is 1. The smallest absolute Gasteiger partial charge is 0.368 e. The Bertz CT molecular complexity index is 932. The molecule has 2 heterocycles. The number of nitrogens with one attached hydrogen (secondary N) is 2. The first-order valence-corrected chi connectivity index (χ1v) is 8.43. The number of hydrogen-bond acceptors (Lipinski definition) is 3. The van der Waals surface area contributed by atoms with Crippen LogP contribution in [0.3, 0.4) is 0 Å².